The Labute approximate surface area is 184 Å². The number of halogens is 2. The highest BCUT2D eigenvalue weighted by molar-refractivity contribution is 7.90. The number of aromatic nitrogens is 1. The predicted octanol–water partition coefficient (Wildman–Crippen LogP) is 3.11. The lowest BCUT2D eigenvalue weighted by Crippen LogP contribution is -2.48. The molecule has 0 saturated heterocycles. The van der Waals surface area contributed by atoms with Gasteiger partial charge in [0.1, 0.15) is 5.75 Å². The van der Waals surface area contributed by atoms with E-state index in [0.29, 0.717) is 11.3 Å². The zero-order valence-electron chi connectivity index (χ0n) is 16.7. The first-order valence-corrected chi connectivity index (χ1v) is 10.3. The molecule has 2 aromatic rings. The number of nitrogens with two attached hydrogens (primary N) is 1. The summed E-state index contributed by atoms with van der Waals surface area (Å²) in [5.74, 6) is 0.361. The molecular weight excluding hydrogens is 437 g/mol. The summed E-state index contributed by atoms with van der Waals surface area (Å²) in [4.78, 5) is 16.6. The quantitative estimate of drug-likeness (QED) is 0.680. The molecule has 0 fully saturated rings. The van der Waals surface area contributed by atoms with Crippen molar-refractivity contribution in [3.8, 4) is 11.6 Å². The second-order valence-corrected chi connectivity index (χ2v) is 9.39. The molecule has 10 heteroatoms. The smallest absolute Gasteiger partial charge is 0.237 e. The number of carbonyl (C=O) groups is 1. The van der Waals surface area contributed by atoms with E-state index >= 15 is 0 Å². The maximum Gasteiger partial charge on any atom is 0.237 e. The van der Waals surface area contributed by atoms with E-state index < -0.39 is 15.9 Å². The number of ether oxygens (including phenoxy) is 1. The highest BCUT2D eigenvalue weighted by atomic mass is 35.5. The Morgan fingerprint density at radius 2 is 1.86 bits per heavy atom. The molecule has 0 radical (unpaired) electrons. The molecule has 7 nitrogen and oxygen atoms in total. The van der Waals surface area contributed by atoms with Gasteiger partial charge in [0.05, 0.1) is 10.9 Å². The molecule has 1 aromatic carbocycles. The molecule has 0 aliphatic heterocycles. The monoisotopic (exact) mass is 463 g/mol. The molecule has 1 aromatic heterocycles. The summed E-state index contributed by atoms with van der Waals surface area (Å²) in [7, 11) is -3.34. The molecular formula is C19H27Cl2N3O4S. The summed E-state index contributed by atoms with van der Waals surface area (Å²) in [6, 6.07) is 9.01. The van der Waals surface area contributed by atoms with Crippen molar-refractivity contribution in [1.29, 1.82) is 0 Å². The average molecular weight is 464 g/mol. The van der Waals surface area contributed by atoms with Gasteiger partial charge in [-0.3, -0.25) is 4.79 Å². The van der Waals surface area contributed by atoms with Crippen molar-refractivity contribution in [1.82, 2.24) is 10.3 Å². The third-order valence-electron chi connectivity index (χ3n) is 3.97. The van der Waals surface area contributed by atoms with Gasteiger partial charge in [-0.15, -0.1) is 24.8 Å². The normalized spacial score (nSPS) is 12.2. The van der Waals surface area contributed by atoms with E-state index in [-0.39, 0.29) is 53.5 Å². The zero-order valence-corrected chi connectivity index (χ0v) is 19.2. The number of benzene rings is 1. The van der Waals surface area contributed by atoms with E-state index in [4.69, 9.17) is 10.5 Å². The highest BCUT2D eigenvalue weighted by Gasteiger charge is 2.27. The van der Waals surface area contributed by atoms with Crippen molar-refractivity contribution in [2.24, 2.45) is 11.1 Å². The fourth-order valence-corrected chi connectivity index (χ4v) is 2.87. The van der Waals surface area contributed by atoms with Gasteiger partial charge in [0.15, 0.2) is 9.84 Å². The van der Waals surface area contributed by atoms with Crippen molar-refractivity contribution in [3.63, 3.8) is 0 Å². The number of rotatable bonds is 6. The topological polar surface area (TPSA) is 111 Å². The van der Waals surface area contributed by atoms with Crippen molar-refractivity contribution < 1.29 is 17.9 Å². The van der Waals surface area contributed by atoms with Crippen molar-refractivity contribution in [2.75, 3.05) is 6.26 Å². The van der Waals surface area contributed by atoms with E-state index in [9.17, 15) is 13.2 Å². The molecule has 0 aliphatic carbocycles. The summed E-state index contributed by atoms with van der Waals surface area (Å²) < 4.78 is 29.1. The molecule has 2 rings (SSSR count). The molecule has 0 saturated carbocycles. The number of pyridine rings is 1. The van der Waals surface area contributed by atoms with Gasteiger partial charge in [0, 0.05) is 24.6 Å². The van der Waals surface area contributed by atoms with Gasteiger partial charge in [0.25, 0.3) is 0 Å². The minimum Gasteiger partial charge on any atom is -0.439 e. The third kappa shape index (κ3) is 7.81. The lowest BCUT2D eigenvalue weighted by molar-refractivity contribution is -0.124. The molecule has 1 amide bonds. The van der Waals surface area contributed by atoms with Gasteiger partial charge >= 0.3 is 0 Å². The Morgan fingerprint density at radius 3 is 2.45 bits per heavy atom. The van der Waals surface area contributed by atoms with Crippen LogP contribution in [0.15, 0.2) is 47.5 Å². The number of sulfone groups is 1. The third-order valence-corrected chi connectivity index (χ3v) is 5.08. The number of hydrogen-bond acceptors (Lipinski definition) is 6. The second kappa shape index (κ2) is 10.8. The number of carbonyl (C=O) groups excluding carboxylic acids is 1. The largest absolute Gasteiger partial charge is 0.439 e. The van der Waals surface area contributed by atoms with Crippen LogP contribution in [0.5, 0.6) is 11.6 Å². The molecule has 1 atom stereocenters. The minimum absolute atomic E-state index is 0. The Balaban J connectivity index is 0.00000392. The van der Waals surface area contributed by atoms with Gasteiger partial charge in [-0.25, -0.2) is 13.4 Å². The van der Waals surface area contributed by atoms with Crippen LogP contribution in [-0.4, -0.2) is 31.6 Å². The Kier molecular flexibility index (Phi) is 10.1. The maximum atomic E-state index is 12.2. The lowest BCUT2D eigenvalue weighted by Gasteiger charge is -2.25. The summed E-state index contributed by atoms with van der Waals surface area (Å²) in [5.41, 5.74) is 6.25. The van der Waals surface area contributed by atoms with E-state index in [0.717, 1.165) is 6.26 Å². The van der Waals surface area contributed by atoms with Crippen LogP contribution in [0, 0.1) is 5.41 Å². The fraction of sp³-hybridized carbons (Fsp3) is 0.368. The van der Waals surface area contributed by atoms with Crippen LogP contribution in [0.25, 0.3) is 0 Å². The van der Waals surface area contributed by atoms with Gasteiger partial charge in [0.2, 0.25) is 11.8 Å². The summed E-state index contributed by atoms with van der Waals surface area (Å²) in [6.07, 6.45) is 2.69. The Bertz CT molecular complexity index is 931. The first-order chi connectivity index (χ1) is 12.5. The minimum atomic E-state index is -3.34. The van der Waals surface area contributed by atoms with E-state index in [1.165, 1.54) is 12.1 Å². The summed E-state index contributed by atoms with van der Waals surface area (Å²) in [5, 5.41) is 2.79. The van der Waals surface area contributed by atoms with Crippen LogP contribution in [0.1, 0.15) is 26.3 Å². The fourth-order valence-electron chi connectivity index (χ4n) is 2.22. The van der Waals surface area contributed by atoms with Crippen molar-refractivity contribution in [2.45, 2.75) is 38.3 Å². The SMILES string of the molecule is CC(C)(C)[C@H](N)C(=O)NCc1cccnc1Oc1cccc(S(C)(=O)=O)c1.Cl.Cl. The molecule has 162 valence electrons. The van der Waals surface area contributed by atoms with Crippen LogP contribution in [-0.2, 0) is 21.2 Å². The molecule has 1 heterocycles. The standard InChI is InChI=1S/C19H25N3O4S.2ClH/c1-19(2,3)16(20)17(23)22-12-13-7-6-10-21-18(13)26-14-8-5-9-15(11-14)27(4,24)25;;/h5-11,16H,12,20H2,1-4H3,(H,22,23);2*1H/t16-;;/m1../s1. The molecule has 0 aliphatic rings. The van der Waals surface area contributed by atoms with Crippen LogP contribution >= 0.6 is 24.8 Å². The molecule has 3 N–H and O–H groups in total. The van der Waals surface area contributed by atoms with E-state index in [1.54, 1.807) is 30.5 Å². The van der Waals surface area contributed by atoms with Gasteiger partial charge in [-0.2, -0.15) is 0 Å². The summed E-state index contributed by atoms with van der Waals surface area (Å²) >= 11 is 0. The predicted molar refractivity (Wildman–Crippen MR) is 118 cm³/mol. The zero-order chi connectivity index (χ0) is 20.2. The van der Waals surface area contributed by atoms with Gasteiger partial charge in [-0.05, 0) is 29.7 Å². The van der Waals surface area contributed by atoms with E-state index in [1.807, 2.05) is 20.8 Å². The first kappa shape index (κ1) is 27.1. The van der Waals surface area contributed by atoms with Crippen LogP contribution < -0.4 is 15.8 Å². The molecule has 29 heavy (non-hydrogen) atoms. The number of amides is 1. The van der Waals surface area contributed by atoms with Gasteiger partial charge < -0.3 is 15.8 Å². The average Bonchev–Trinajstić information content (AvgIpc) is 2.59. The van der Waals surface area contributed by atoms with Crippen molar-refractivity contribution in [3.05, 3.63) is 48.2 Å². The van der Waals surface area contributed by atoms with E-state index in [2.05, 4.69) is 10.3 Å². The molecule has 0 unspecified atom stereocenters. The lowest BCUT2D eigenvalue weighted by atomic mass is 9.87. The van der Waals surface area contributed by atoms with Crippen LogP contribution in [0.2, 0.25) is 0 Å². The maximum absolute atomic E-state index is 12.2. The van der Waals surface area contributed by atoms with Gasteiger partial charge in [-0.1, -0.05) is 32.9 Å². The Morgan fingerprint density at radius 1 is 1.21 bits per heavy atom. The van der Waals surface area contributed by atoms with Crippen LogP contribution in [0.4, 0.5) is 0 Å². The Hall–Kier alpha value is -1.87. The summed E-state index contributed by atoms with van der Waals surface area (Å²) in [6.45, 7) is 5.87. The first-order valence-electron chi connectivity index (χ1n) is 8.43. The molecule has 0 spiro atoms. The number of hydrogen-bond donors (Lipinski definition) is 2. The molecule has 0 bridgehead atoms. The van der Waals surface area contributed by atoms with Crippen LogP contribution in [0.3, 0.4) is 0 Å². The number of nitrogens with one attached hydrogen (secondary N) is 1. The second-order valence-electron chi connectivity index (χ2n) is 7.38. The van der Waals surface area contributed by atoms with Crippen molar-refractivity contribution >= 4 is 40.6 Å². The highest BCUT2D eigenvalue weighted by Crippen LogP contribution is 2.25. The number of nitrogens with zero attached hydrogens (tertiary/aromatic N) is 1.